The molecule has 0 aliphatic carbocycles. The number of hydrogen-bond donors (Lipinski definition) is 1. The van der Waals surface area contributed by atoms with E-state index in [0.717, 1.165) is 54.0 Å². The van der Waals surface area contributed by atoms with Crippen molar-refractivity contribution in [3.8, 4) is 5.75 Å². The standard InChI is InChI=1S/C34H61N3O3/c1-7-8-9-10-11-12-13-14-15-16-17-18-19-20-21-23-32(38)35-24-22-25-37(5,6)27-30-26-36-29(2)33-31(30)28-39-34(3,4)40-33/h26H,7-25,27-28H2,1-6H3/p+1. The Hall–Kier alpha value is -1.66. The maximum Gasteiger partial charge on any atom is 0.219 e. The molecule has 0 atom stereocenters. The maximum absolute atomic E-state index is 12.3. The van der Waals surface area contributed by atoms with Crippen LogP contribution in [-0.2, 0) is 22.7 Å². The predicted octanol–water partition coefficient (Wildman–Crippen LogP) is 8.38. The summed E-state index contributed by atoms with van der Waals surface area (Å²) in [5.41, 5.74) is 3.21. The van der Waals surface area contributed by atoms with Crippen molar-refractivity contribution < 1.29 is 18.8 Å². The summed E-state index contributed by atoms with van der Waals surface area (Å²) >= 11 is 0. The number of aryl methyl sites for hydroxylation is 1. The Balaban J connectivity index is 1.48. The number of nitrogens with zero attached hydrogens (tertiary/aromatic N) is 2. The van der Waals surface area contributed by atoms with Crippen molar-refractivity contribution in [2.24, 2.45) is 0 Å². The molecule has 0 spiro atoms. The summed E-state index contributed by atoms with van der Waals surface area (Å²) in [6.07, 6.45) is 23.8. The van der Waals surface area contributed by atoms with Crippen molar-refractivity contribution in [3.05, 3.63) is 23.0 Å². The molecule has 1 N–H and O–H groups in total. The van der Waals surface area contributed by atoms with Gasteiger partial charge in [-0.05, 0) is 13.3 Å². The van der Waals surface area contributed by atoms with E-state index in [1.165, 1.54) is 95.5 Å². The number of rotatable bonds is 22. The van der Waals surface area contributed by atoms with Crippen molar-refractivity contribution in [1.82, 2.24) is 10.3 Å². The van der Waals surface area contributed by atoms with Gasteiger partial charge >= 0.3 is 0 Å². The van der Waals surface area contributed by atoms with E-state index in [0.29, 0.717) is 13.0 Å². The number of carbonyl (C=O) groups excluding carboxylic acids is 1. The number of hydrogen-bond acceptors (Lipinski definition) is 4. The van der Waals surface area contributed by atoms with E-state index in [4.69, 9.17) is 9.47 Å². The lowest BCUT2D eigenvalue weighted by atomic mass is 10.0. The van der Waals surface area contributed by atoms with Gasteiger partial charge in [0.2, 0.25) is 11.7 Å². The molecule has 0 radical (unpaired) electrons. The van der Waals surface area contributed by atoms with E-state index in [2.05, 4.69) is 31.3 Å². The van der Waals surface area contributed by atoms with Gasteiger partial charge in [0.25, 0.3) is 0 Å². The van der Waals surface area contributed by atoms with Crippen LogP contribution >= 0.6 is 0 Å². The minimum atomic E-state index is -0.618. The highest BCUT2D eigenvalue weighted by Crippen LogP contribution is 2.35. The molecule has 1 aliphatic heterocycles. The molecule has 0 aromatic carbocycles. The van der Waals surface area contributed by atoms with Crippen LogP contribution in [0, 0.1) is 6.92 Å². The van der Waals surface area contributed by atoms with Crippen molar-refractivity contribution in [2.75, 3.05) is 27.2 Å². The Morgan fingerprint density at radius 3 is 2.02 bits per heavy atom. The van der Waals surface area contributed by atoms with Crippen LogP contribution in [0.5, 0.6) is 5.75 Å². The molecule has 1 amide bonds. The highest BCUT2D eigenvalue weighted by Gasteiger charge is 2.32. The minimum Gasteiger partial charge on any atom is -0.461 e. The Kier molecular flexibility index (Phi) is 16.2. The van der Waals surface area contributed by atoms with Gasteiger partial charge in [-0.15, -0.1) is 0 Å². The van der Waals surface area contributed by atoms with E-state index in [1.54, 1.807) is 0 Å². The topological polar surface area (TPSA) is 60.5 Å². The number of ether oxygens (including phenoxy) is 2. The molecule has 2 heterocycles. The number of quaternary nitrogens is 1. The van der Waals surface area contributed by atoms with Gasteiger partial charge in [-0.1, -0.05) is 96.8 Å². The molecular weight excluding hydrogens is 498 g/mol. The van der Waals surface area contributed by atoms with Crippen LogP contribution in [0.2, 0.25) is 0 Å². The Morgan fingerprint density at radius 1 is 0.900 bits per heavy atom. The van der Waals surface area contributed by atoms with Crippen LogP contribution in [0.4, 0.5) is 0 Å². The number of fused-ring (bicyclic) bond motifs is 1. The number of amides is 1. The fourth-order valence-corrected chi connectivity index (χ4v) is 5.65. The number of aromatic nitrogens is 1. The number of carbonyl (C=O) groups is 1. The molecule has 0 bridgehead atoms. The first-order valence-electron chi connectivity index (χ1n) is 16.5. The molecule has 0 unspecified atom stereocenters. The van der Waals surface area contributed by atoms with Gasteiger partial charge in [0.1, 0.15) is 12.3 Å². The minimum absolute atomic E-state index is 0.203. The summed E-state index contributed by atoms with van der Waals surface area (Å²) in [4.78, 5) is 16.9. The van der Waals surface area contributed by atoms with Gasteiger partial charge in [0.15, 0.2) is 0 Å². The smallest absolute Gasteiger partial charge is 0.219 e. The first kappa shape index (κ1) is 34.5. The highest BCUT2D eigenvalue weighted by molar-refractivity contribution is 5.75. The molecule has 0 fully saturated rings. The van der Waals surface area contributed by atoms with E-state index < -0.39 is 5.79 Å². The zero-order valence-corrected chi connectivity index (χ0v) is 27.0. The molecule has 6 heteroatoms. The lowest BCUT2D eigenvalue weighted by Gasteiger charge is -2.36. The van der Waals surface area contributed by atoms with Gasteiger partial charge in [-0.2, -0.15) is 0 Å². The largest absolute Gasteiger partial charge is 0.461 e. The van der Waals surface area contributed by atoms with E-state index in [1.807, 2.05) is 27.0 Å². The molecule has 6 nitrogen and oxygen atoms in total. The van der Waals surface area contributed by atoms with Gasteiger partial charge < -0.3 is 19.3 Å². The Morgan fingerprint density at radius 2 is 1.45 bits per heavy atom. The normalized spacial score (nSPS) is 14.6. The molecular formula is C34H62N3O3+. The third kappa shape index (κ3) is 14.3. The van der Waals surface area contributed by atoms with Crippen LogP contribution in [-0.4, -0.2) is 48.3 Å². The fraction of sp³-hybridized carbons (Fsp3) is 0.824. The van der Waals surface area contributed by atoms with E-state index in [-0.39, 0.29) is 5.91 Å². The quantitative estimate of drug-likeness (QED) is 0.114. The van der Waals surface area contributed by atoms with Gasteiger partial charge in [-0.25, -0.2) is 0 Å². The Labute approximate surface area is 246 Å². The average molecular weight is 561 g/mol. The molecule has 40 heavy (non-hydrogen) atoms. The number of unbranched alkanes of at least 4 members (excludes halogenated alkanes) is 14. The predicted molar refractivity (Wildman–Crippen MR) is 166 cm³/mol. The third-order valence-corrected chi connectivity index (χ3v) is 8.18. The van der Waals surface area contributed by atoms with E-state index in [9.17, 15) is 4.79 Å². The van der Waals surface area contributed by atoms with Crippen LogP contribution < -0.4 is 10.1 Å². The molecule has 1 aromatic rings. The summed E-state index contributed by atoms with van der Waals surface area (Å²) in [6, 6.07) is 0. The number of nitrogens with one attached hydrogen (secondary N) is 1. The second-order valence-corrected chi connectivity index (χ2v) is 13.2. The second-order valence-electron chi connectivity index (χ2n) is 13.2. The van der Waals surface area contributed by atoms with Gasteiger partial charge in [0, 0.05) is 50.6 Å². The molecule has 1 aliphatic rings. The van der Waals surface area contributed by atoms with Gasteiger partial charge in [0.05, 0.1) is 32.9 Å². The van der Waals surface area contributed by atoms with Crippen LogP contribution in [0.1, 0.15) is 147 Å². The SMILES string of the molecule is CCCCCCCCCCCCCCCCCC(=O)NCCC[N+](C)(C)Cc1cnc(C)c2c1COC(C)(C)O2. The maximum atomic E-state index is 12.3. The molecule has 230 valence electrons. The van der Waals surface area contributed by atoms with Crippen LogP contribution in [0.15, 0.2) is 6.20 Å². The van der Waals surface area contributed by atoms with E-state index >= 15 is 0 Å². The summed E-state index contributed by atoms with van der Waals surface area (Å²) in [5, 5.41) is 3.13. The van der Waals surface area contributed by atoms with Crippen molar-refractivity contribution in [1.29, 1.82) is 0 Å². The van der Waals surface area contributed by atoms with Gasteiger partial charge in [-0.3, -0.25) is 9.78 Å². The molecule has 1 aromatic heterocycles. The van der Waals surface area contributed by atoms with Crippen LogP contribution in [0.3, 0.4) is 0 Å². The number of pyridine rings is 1. The Bertz CT molecular complexity index is 853. The second kappa shape index (κ2) is 18.7. The van der Waals surface area contributed by atoms with Crippen molar-refractivity contribution in [3.63, 3.8) is 0 Å². The summed E-state index contributed by atoms with van der Waals surface area (Å²) in [7, 11) is 4.47. The van der Waals surface area contributed by atoms with Crippen molar-refractivity contribution >= 4 is 5.91 Å². The fourth-order valence-electron chi connectivity index (χ4n) is 5.65. The summed E-state index contributed by atoms with van der Waals surface area (Å²) in [5.74, 6) is 0.459. The first-order valence-corrected chi connectivity index (χ1v) is 16.5. The molecule has 0 saturated carbocycles. The lowest BCUT2D eigenvalue weighted by molar-refractivity contribution is -0.903. The third-order valence-electron chi connectivity index (χ3n) is 8.18. The molecule has 2 rings (SSSR count). The monoisotopic (exact) mass is 560 g/mol. The molecule has 0 saturated heterocycles. The first-order chi connectivity index (χ1) is 19.1. The lowest BCUT2D eigenvalue weighted by Crippen LogP contribution is -2.42. The van der Waals surface area contributed by atoms with Crippen molar-refractivity contribution in [2.45, 2.75) is 156 Å². The summed E-state index contributed by atoms with van der Waals surface area (Å²) in [6.45, 7) is 11.3. The highest BCUT2D eigenvalue weighted by atomic mass is 16.7. The van der Waals surface area contributed by atoms with Crippen LogP contribution in [0.25, 0.3) is 0 Å². The summed E-state index contributed by atoms with van der Waals surface area (Å²) < 4.78 is 12.8. The zero-order valence-electron chi connectivity index (χ0n) is 27.0. The average Bonchev–Trinajstić information content (AvgIpc) is 2.90. The zero-order chi connectivity index (χ0) is 29.3.